The van der Waals surface area contributed by atoms with Crippen LogP contribution in [0.5, 0.6) is 0 Å². The highest BCUT2D eigenvalue weighted by Gasteiger charge is 2.37. The molecule has 1 aliphatic heterocycles. The van der Waals surface area contributed by atoms with Gasteiger partial charge in [0.25, 0.3) is 17.7 Å². The maximum atomic E-state index is 12.8. The number of anilines is 1. The van der Waals surface area contributed by atoms with Crippen LogP contribution in [0, 0.1) is 6.92 Å². The number of hydrogen-bond donors (Lipinski definition) is 1. The summed E-state index contributed by atoms with van der Waals surface area (Å²) in [6, 6.07) is 12.2. The van der Waals surface area contributed by atoms with E-state index in [0.29, 0.717) is 27.9 Å². The third-order valence-corrected chi connectivity index (χ3v) is 5.53. The van der Waals surface area contributed by atoms with Gasteiger partial charge in [-0.25, -0.2) is 4.90 Å². The van der Waals surface area contributed by atoms with E-state index >= 15 is 0 Å². The fraction of sp³-hybridized carbons (Fsp3) is 0.318. The smallest absolute Gasteiger partial charge is 0.266 e. The zero-order chi connectivity index (χ0) is 19.0. The lowest BCUT2D eigenvalue weighted by atomic mass is 9.95. The monoisotopic (exact) mass is 362 g/mol. The number of nitrogens with one attached hydrogen (secondary N) is 1. The summed E-state index contributed by atoms with van der Waals surface area (Å²) in [7, 11) is 0. The number of imide groups is 1. The lowest BCUT2D eigenvalue weighted by molar-refractivity contribution is 0.0910. The van der Waals surface area contributed by atoms with Gasteiger partial charge >= 0.3 is 0 Å². The summed E-state index contributed by atoms with van der Waals surface area (Å²) in [6.07, 6.45) is 5.50. The van der Waals surface area contributed by atoms with Crippen molar-refractivity contribution in [3.05, 3.63) is 64.7 Å². The molecular weight excluding hydrogens is 340 g/mol. The first kappa shape index (κ1) is 17.5. The van der Waals surface area contributed by atoms with Crippen LogP contribution in [0.3, 0.4) is 0 Å². The van der Waals surface area contributed by atoms with Crippen LogP contribution in [-0.4, -0.2) is 23.8 Å². The largest absolute Gasteiger partial charge is 0.349 e. The molecule has 2 aromatic rings. The predicted octanol–water partition coefficient (Wildman–Crippen LogP) is 3.86. The molecule has 2 aliphatic rings. The number of carbonyl (C=O) groups excluding carboxylic acids is 3. The van der Waals surface area contributed by atoms with Gasteiger partial charge in [0.05, 0.1) is 16.8 Å². The van der Waals surface area contributed by atoms with Crippen LogP contribution in [0.15, 0.2) is 42.5 Å². The van der Waals surface area contributed by atoms with Crippen LogP contribution in [-0.2, 0) is 0 Å². The molecule has 0 unspecified atom stereocenters. The van der Waals surface area contributed by atoms with Crippen molar-refractivity contribution in [3.8, 4) is 0 Å². The van der Waals surface area contributed by atoms with Gasteiger partial charge in [0.15, 0.2) is 0 Å². The molecule has 5 heteroatoms. The van der Waals surface area contributed by atoms with E-state index in [-0.39, 0.29) is 23.8 Å². The Morgan fingerprint density at radius 2 is 1.56 bits per heavy atom. The fourth-order valence-electron chi connectivity index (χ4n) is 4.03. The molecule has 4 rings (SSSR count). The Hall–Kier alpha value is -2.95. The van der Waals surface area contributed by atoms with Crippen molar-refractivity contribution in [3.63, 3.8) is 0 Å². The quantitative estimate of drug-likeness (QED) is 0.843. The van der Waals surface area contributed by atoms with E-state index in [1.807, 2.05) is 0 Å². The van der Waals surface area contributed by atoms with Crippen LogP contribution in [0.4, 0.5) is 5.69 Å². The molecule has 1 heterocycles. The van der Waals surface area contributed by atoms with Crippen molar-refractivity contribution in [2.75, 3.05) is 4.90 Å². The van der Waals surface area contributed by atoms with Crippen molar-refractivity contribution >= 4 is 23.4 Å². The van der Waals surface area contributed by atoms with Gasteiger partial charge < -0.3 is 5.32 Å². The number of amides is 3. The van der Waals surface area contributed by atoms with Gasteiger partial charge in [0, 0.05) is 11.6 Å². The highest BCUT2D eigenvalue weighted by molar-refractivity contribution is 6.34. The van der Waals surface area contributed by atoms with Gasteiger partial charge in [-0.2, -0.15) is 0 Å². The van der Waals surface area contributed by atoms with Gasteiger partial charge in [0.1, 0.15) is 0 Å². The molecule has 1 fully saturated rings. The van der Waals surface area contributed by atoms with Crippen molar-refractivity contribution in [1.82, 2.24) is 5.32 Å². The Morgan fingerprint density at radius 1 is 0.926 bits per heavy atom. The van der Waals surface area contributed by atoms with Crippen molar-refractivity contribution in [2.45, 2.75) is 45.1 Å². The predicted molar refractivity (Wildman–Crippen MR) is 103 cm³/mol. The third-order valence-electron chi connectivity index (χ3n) is 5.53. The van der Waals surface area contributed by atoms with Crippen LogP contribution in [0.25, 0.3) is 0 Å². The Labute approximate surface area is 158 Å². The van der Waals surface area contributed by atoms with E-state index in [4.69, 9.17) is 0 Å². The molecule has 3 amide bonds. The van der Waals surface area contributed by atoms with Gasteiger partial charge in [-0.1, -0.05) is 37.5 Å². The highest BCUT2D eigenvalue weighted by Crippen LogP contribution is 2.32. The second kappa shape index (κ2) is 6.99. The average Bonchev–Trinajstić information content (AvgIpc) is 2.94. The number of nitrogens with zero attached hydrogens (tertiary/aromatic N) is 1. The molecule has 1 N–H and O–H groups in total. The van der Waals surface area contributed by atoms with Crippen LogP contribution >= 0.6 is 0 Å². The summed E-state index contributed by atoms with van der Waals surface area (Å²) < 4.78 is 0. The summed E-state index contributed by atoms with van der Waals surface area (Å²) in [6.45, 7) is 1.79. The lowest BCUT2D eigenvalue weighted by Crippen LogP contribution is -2.37. The maximum Gasteiger partial charge on any atom is 0.266 e. The van der Waals surface area contributed by atoms with E-state index in [1.54, 1.807) is 49.4 Å². The minimum atomic E-state index is -0.344. The fourth-order valence-corrected chi connectivity index (χ4v) is 4.03. The number of carbonyl (C=O) groups is 3. The third kappa shape index (κ3) is 3.03. The zero-order valence-corrected chi connectivity index (χ0v) is 15.3. The second-order valence-electron chi connectivity index (χ2n) is 7.25. The molecule has 0 bridgehead atoms. The molecule has 27 heavy (non-hydrogen) atoms. The molecule has 138 valence electrons. The molecule has 0 spiro atoms. The molecule has 5 nitrogen and oxygen atoms in total. The number of fused-ring (bicyclic) bond motifs is 1. The highest BCUT2D eigenvalue weighted by atomic mass is 16.2. The minimum Gasteiger partial charge on any atom is -0.349 e. The van der Waals surface area contributed by atoms with E-state index in [2.05, 4.69) is 5.32 Å². The Bertz CT molecular complexity index is 894. The molecule has 0 aromatic heterocycles. The molecule has 1 saturated carbocycles. The van der Waals surface area contributed by atoms with Gasteiger partial charge in [-0.15, -0.1) is 0 Å². The topological polar surface area (TPSA) is 66.5 Å². The summed E-state index contributed by atoms with van der Waals surface area (Å²) in [5, 5.41) is 3.11. The molecule has 0 saturated heterocycles. The minimum absolute atomic E-state index is 0.141. The number of rotatable bonds is 3. The first-order valence-electron chi connectivity index (χ1n) is 9.46. The standard InChI is InChI=1S/C22H22N2O3/c1-14-16(20(25)23-15-8-3-2-4-9-15)12-7-13-19(14)24-21(26)17-10-5-6-11-18(17)22(24)27/h5-7,10-13,15H,2-4,8-9H2,1H3,(H,23,25). The van der Waals surface area contributed by atoms with E-state index in [0.717, 1.165) is 25.7 Å². The number of hydrogen-bond acceptors (Lipinski definition) is 3. The first-order chi connectivity index (χ1) is 13.1. The lowest BCUT2D eigenvalue weighted by Gasteiger charge is -2.24. The Morgan fingerprint density at radius 3 is 2.19 bits per heavy atom. The molecule has 1 aliphatic carbocycles. The average molecular weight is 362 g/mol. The molecule has 0 atom stereocenters. The Kier molecular flexibility index (Phi) is 4.52. The SMILES string of the molecule is Cc1c(C(=O)NC2CCCCC2)cccc1N1C(=O)c2ccccc2C1=O. The van der Waals surface area contributed by atoms with E-state index < -0.39 is 0 Å². The Balaban J connectivity index is 1.64. The number of benzene rings is 2. The van der Waals surface area contributed by atoms with Crippen molar-refractivity contribution in [1.29, 1.82) is 0 Å². The van der Waals surface area contributed by atoms with Gasteiger partial charge in [0.2, 0.25) is 0 Å². The van der Waals surface area contributed by atoms with Gasteiger partial charge in [-0.05, 0) is 49.6 Å². The molecular formula is C22H22N2O3. The first-order valence-corrected chi connectivity index (χ1v) is 9.46. The summed E-state index contributed by atoms with van der Waals surface area (Å²) >= 11 is 0. The summed E-state index contributed by atoms with van der Waals surface area (Å²) in [5.74, 6) is -0.829. The normalized spacial score (nSPS) is 17.1. The van der Waals surface area contributed by atoms with Gasteiger partial charge in [-0.3, -0.25) is 14.4 Å². The molecule has 2 aromatic carbocycles. The molecule has 0 radical (unpaired) electrons. The van der Waals surface area contributed by atoms with E-state index in [1.165, 1.54) is 11.3 Å². The van der Waals surface area contributed by atoms with Crippen LogP contribution < -0.4 is 10.2 Å². The van der Waals surface area contributed by atoms with Crippen molar-refractivity contribution < 1.29 is 14.4 Å². The second-order valence-corrected chi connectivity index (χ2v) is 7.25. The van der Waals surface area contributed by atoms with Crippen molar-refractivity contribution in [2.24, 2.45) is 0 Å². The van der Waals surface area contributed by atoms with E-state index in [9.17, 15) is 14.4 Å². The summed E-state index contributed by atoms with van der Waals surface area (Å²) in [4.78, 5) is 39.5. The van der Waals surface area contributed by atoms with Crippen LogP contribution in [0.2, 0.25) is 0 Å². The maximum absolute atomic E-state index is 12.8. The zero-order valence-electron chi connectivity index (χ0n) is 15.3. The summed E-state index contributed by atoms with van der Waals surface area (Å²) in [5.41, 5.74) is 2.42. The van der Waals surface area contributed by atoms with Crippen LogP contribution in [0.1, 0.15) is 68.7 Å².